The highest BCUT2D eigenvalue weighted by molar-refractivity contribution is 5.84. The van der Waals surface area contributed by atoms with Gasteiger partial charge in [0.15, 0.2) is 0 Å². The topological polar surface area (TPSA) is 41.6 Å². The van der Waals surface area contributed by atoms with Crippen LogP contribution in [0.4, 0.5) is 0 Å². The van der Waals surface area contributed by atoms with Gasteiger partial charge in [-0.15, -0.1) is 0 Å². The van der Waals surface area contributed by atoms with E-state index < -0.39 is 0 Å². The Bertz CT molecular complexity index is 453. The third-order valence-corrected chi connectivity index (χ3v) is 4.41. The smallest absolute Gasteiger partial charge is 0.0997 e. The highest BCUT2D eigenvalue weighted by Gasteiger charge is 2.26. The van der Waals surface area contributed by atoms with E-state index >= 15 is 0 Å². The Morgan fingerprint density at radius 2 is 1.91 bits per heavy atom. The summed E-state index contributed by atoms with van der Waals surface area (Å²) >= 11 is 0. The van der Waals surface area contributed by atoms with Gasteiger partial charge in [-0.1, -0.05) is 62.9 Å². The highest BCUT2D eigenvalue weighted by atomic mass is 15.3. The Morgan fingerprint density at radius 3 is 2.59 bits per heavy atom. The lowest BCUT2D eigenvalue weighted by molar-refractivity contribution is 0.392. The minimum atomic E-state index is 0.135. The molecule has 0 saturated carbocycles. The second kappa shape index (κ2) is 8.94. The van der Waals surface area contributed by atoms with Gasteiger partial charge in [0, 0.05) is 25.6 Å². The van der Waals surface area contributed by atoms with Gasteiger partial charge < -0.3 is 10.6 Å². The number of nitrogens with zero attached hydrogens (tertiary/aromatic N) is 2. The number of rotatable bonds is 9. The van der Waals surface area contributed by atoms with E-state index in [0.29, 0.717) is 0 Å². The zero-order valence-corrected chi connectivity index (χ0v) is 14.2. The van der Waals surface area contributed by atoms with E-state index in [1.54, 1.807) is 0 Å². The molecule has 0 radical (unpaired) electrons. The van der Waals surface area contributed by atoms with E-state index in [-0.39, 0.29) is 12.1 Å². The van der Waals surface area contributed by atoms with Crippen LogP contribution in [-0.2, 0) is 6.54 Å². The molecule has 1 aliphatic rings. The Kier molecular flexibility index (Phi) is 6.91. The van der Waals surface area contributed by atoms with Crippen LogP contribution in [0.3, 0.4) is 0 Å². The maximum atomic E-state index is 6.08. The first-order valence-electron chi connectivity index (χ1n) is 8.82. The molecule has 2 atom stereocenters. The van der Waals surface area contributed by atoms with E-state index in [4.69, 9.17) is 10.7 Å². The number of unbranched alkanes of at least 4 members (excludes halogenated alkanes) is 4. The number of nitrogens with two attached hydrogens (primary N) is 1. The van der Waals surface area contributed by atoms with Crippen molar-refractivity contribution in [2.45, 2.75) is 71.0 Å². The summed E-state index contributed by atoms with van der Waals surface area (Å²) in [5.74, 6) is 1.27. The average Bonchev–Trinajstić information content (AvgIpc) is 2.91. The van der Waals surface area contributed by atoms with Crippen molar-refractivity contribution in [3.05, 3.63) is 35.9 Å². The molecule has 1 aromatic rings. The SMILES string of the molecule is CCCCCCCC1=NC(C(C)N)CN1Cc1ccccc1. The van der Waals surface area contributed by atoms with Crippen LogP contribution in [0.5, 0.6) is 0 Å². The van der Waals surface area contributed by atoms with Crippen LogP contribution in [0, 0.1) is 0 Å². The molecular formula is C19H31N3. The van der Waals surface area contributed by atoms with Gasteiger partial charge in [0.25, 0.3) is 0 Å². The third kappa shape index (κ3) is 5.13. The van der Waals surface area contributed by atoms with Crippen LogP contribution < -0.4 is 5.73 Å². The van der Waals surface area contributed by atoms with Gasteiger partial charge >= 0.3 is 0 Å². The number of hydrogen-bond donors (Lipinski definition) is 1. The van der Waals surface area contributed by atoms with Crippen molar-refractivity contribution in [2.24, 2.45) is 10.7 Å². The van der Waals surface area contributed by atoms with Crippen molar-refractivity contribution in [1.82, 2.24) is 4.90 Å². The van der Waals surface area contributed by atoms with Gasteiger partial charge in [-0.05, 0) is 18.9 Å². The molecule has 1 aromatic carbocycles. The van der Waals surface area contributed by atoms with Gasteiger partial charge in [-0.3, -0.25) is 4.99 Å². The third-order valence-electron chi connectivity index (χ3n) is 4.41. The van der Waals surface area contributed by atoms with E-state index in [0.717, 1.165) is 19.5 Å². The highest BCUT2D eigenvalue weighted by Crippen LogP contribution is 2.19. The molecule has 0 fully saturated rings. The molecule has 22 heavy (non-hydrogen) atoms. The zero-order chi connectivity index (χ0) is 15.8. The Hall–Kier alpha value is -1.35. The minimum absolute atomic E-state index is 0.135. The molecule has 0 aliphatic carbocycles. The first-order chi connectivity index (χ1) is 10.7. The molecule has 3 nitrogen and oxygen atoms in total. The molecule has 2 unspecified atom stereocenters. The van der Waals surface area contributed by atoms with Crippen molar-refractivity contribution in [2.75, 3.05) is 6.54 Å². The van der Waals surface area contributed by atoms with E-state index in [2.05, 4.69) is 49.1 Å². The fourth-order valence-corrected chi connectivity index (χ4v) is 3.00. The maximum absolute atomic E-state index is 6.08. The average molecular weight is 301 g/mol. The summed E-state index contributed by atoms with van der Waals surface area (Å²) in [5, 5.41) is 0. The van der Waals surface area contributed by atoms with Crippen LogP contribution in [-0.4, -0.2) is 29.4 Å². The van der Waals surface area contributed by atoms with Crippen LogP contribution in [0.2, 0.25) is 0 Å². The first-order valence-corrected chi connectivity index (χ1v) is 8.82. The van der Waals surface area contributed by atoms with Gasteiger partial charge in [-0.25, -0.2) is 0 Å². The molecule has 1 heterocycles. The van der Waals surface area contributed by atoms with Crippen LogP contribution in [0.1, 0.15) is 57.9 Å². The molecule has 2 N–H and O–H groups in total. The summed E-state index contributed by atoms with van der Waals surface area (Å²) in [5.41, 5.74) is 7.43. The largest absolute Gasteiger partial charge is 0.354 e. The monoisotopic (exact) mass is 301 g/mol. The predicted octanol–water partition coefficient (Wildman–Crippen LogP) is 3.98. The molecule has 0 aromatic heterocycles. The van der Waals surface area contributed by atoms with Crippen molar-refractivity contribution < 1.29 is 0 Å². The van der Waals surface area contributed by atoms with E-state index in [1.165, 1.54) is 43.5 Å². The fourth-order valence-electron chi connectivity index (χ4n) is 3.00. The minimum Gasteiger partial charge on any atom is -0.354 e. The van der Waals surface area contributed by atoms with Gasteiger partial charge in [0.2, 0.25) is 0 Å². The quantitative estimate of drug-likeness (QED) is 0.701. The molecule has 0 bridgehead atoms. The second-order valence-corrected chi connectivity index (χ2v) is 6.50. The molecule has 0 spiro atoms. The first kappa shape index (κ1) is 17.0. The summed E-state index contributed by atoms with van der Waals surface area (Å²) in [6.07, 6.45) is 7.65. The Labute approximate surface area is 135 Å². The number of benzene rings is 1. The maximum Gasteiger partial charge on any atom is 0.0997 e. The molecule has 122 valence electrons. The second-order valence-electron chi connectivity index (χ2n) is 6.50. The molecule has 1 aliphatic heterocycles. The van der Waals surface area contributed by atoms with Gasteiger partial charge in [0.05, 0.1) is 11.9 Å². The van der Waals surface area contributed by atoms with Crippen molar-refractivity contribution in [3.8, 4) is 0 Å². The van der Waals surface area contributed by atoms with Crippen LogP contribution in [0.25, 0.3) is 0 Å². The molecular weight excluding hydrogens is 270 g/mol. The zero-order valence-electron chi connectivity index (χ0n) is 14.2. The summed E-state index contributed by atoms with van der Waals surface area (Å²) in [4.78, 5) is 7.33. The summed E-state index contributed by atoms with van der Waals surface area (Å²) in [7, 11) is 0. The fraction of sp³-hybridized carbons (Fsp3) is 0.632. The summed E-state index contributed by atoms with van der Waals surface area (Å²) in [6, 6.07) is 11.1. The molecule has 3 heteroatoms. The lowest BCUT2D eigenvalue weighted by Gasteiger charge is -2.22. The Morgan fingerprint density at radius 1 is 1.18 bits per heavy atom. The number of amidine groups is 1. The van der Waals surface area contributed by atoms with Gasteiger partial charge in [0.1, 0.15) is 0 Å². The summed E-state index contributed by atoms with van der Waals surface area (Å²) in [6.45, 7) is 6.25. The predicted molar refractivity (Wildman–Crippen MR) is 95.1 cm³/mol. The summed E-state index contributed by atoms with van der Waals surface area (Å²) < 4.78 is 0. The van der Waals surface area contributed by atoms with Crippen LogP contribution >= 0.6 is 0 Å². The lowest BCUT2D eigenvalue weighted by atomic mass is 10.1. The molecule has 0 saturated heterocycles. The number of hydrogen-bond acceptors (Lipinski definition) is 3. The lowest BCUT2D eigenvalue weighted by Crippen LogP contribution is -2.36. The molecule has 0 amide bonds. The van der Waals surface area contributed by atoms with Crippen molar-refractivity contribution in [1.29, 1.82) is 0 Å². The van der Waals surface area contributed by atoms with E-state index in [9.17, 15) is 0 Å². The van der Waals surface area contributed by atoms with Crippen molar-refractivity contribution in [3.63, 3.8) is 0 Å². The standard InChI is InChI=1S/C19H31N3/c1-3-4-5-6-10-13-19-21-18(16(2)20)15-22(19)14-17-11-8-7-9-12-17/h7-9,11-12,16,18H,3-6,10,13-15,20H2,1-2H3. The number of aliphatic imine (C=N–C) groups is 1. The molecule has 2 rings (SSSR count). The van der Waals surface area contributed by atoms with Crippen molar-refractivity contribution >= 4 is 5.84 Å². The van der Waals surface area contributed by atoms with E-state index in [1.807, 2.05) is 0 Å². The van der Waals surface area contributed by atoms with Gasteiger partial charge in [-0.2, -0.15) is 0 Å². The Balaban J connectivity index is 1.90. The normalized spacial score (nSPS) is 19.3. The van der Waals surface area contributed by atoms with Crippen LogP contribution in [0.15, 0.2) is 35.3 Å².